The quantitative estimate of drug-likeness (QED) is 0.347. The Bertz CT molecular complexity index is 454. The van der Waals surface area contributed by atoms with Gasteiger partial charge in [-0.1, -0.05) is 23.3 Å². The topological polar surface area (TPSA) is 43.4 Å². The summed E-state index contributed by atoms with van der Waals surface area (Å²) in [6.07, 6.45) is 1.85. The number of ether oxygens (including phenoxy) is 1. The van der Waals surface area contributed by atoms with Crippen LogP contribution in [0.3, 0.4) is 0 Å². The Balaban J connectivity index is 3.08. The fraction of sp³-hybridized carbons (Fsp3) is 0.333. The van der Waals surface area contributed by atoms with Gasteiger partial charge in [-0.2, -0.15) is 0 Å². The average Bonchev–Trinajstić information content (AvgIpc) is 2.33. The van der Waals surface area contributed by atoms with Gasteiger partial charge in [-0.25, -0.2) is 0 Å². The number of carbonyl (C=O) groups excluding carboxylic acids is 2. The molecule has 1 rings (SSSR count). The number of hydrogen-bond donors (Lipinski definition) is 0. The van der Waals surface area contributed by atoms with Crippen molar-refractivity contribution in [2.75, 3.05) is 7.11 Å². The number of carbonyl (C=O) groups is 2. The fourth-order valence-electron chi connectivity index (χ4n) is 1.94. The van der Waals surface area contributed by atoms with E-state index in [1.807, 2.05) is 19.9 Å². The molecule has 1 unspecified atom stereocenters. The summed E-state index contributed by atoms with van der Waals surface area (Å²) in [5.74, 6) is -1.53. The molecule has 1 atom stereocenters. The highest BCUT2D eigenvalue weighted by molar-refractivity contribution is 6.08. The van der Waals surface area contributed by atoms with Crippen molar-refractivity contribution in [1.29, 1.82) is 0 Å². The van der Waals surface area contributed by atoms with Crippen LogP contribution in [0.15, 0.2) is 30.9 Å². The van der Waals surface area contributed by atoms with E-state index in [1.54, 1.807) is 18.2 Å². The van der Waals surface area contributed by atoms with Crippen LogP contribution in [-0.2, 0) is 9.53 Å². The summed E-state index contributed by atoms with van der Waals surface area (Å²) in [5.41, 5.74) is 2.55. The van der Waals surface area contributed by atoms with Gasteiger partial charge in [-0.15, -0.1) is 6.58 Å². The number of rotatable bonds is 5. The first-order valence-electron chi connectivity index (χ1n) is 5.80. The summed E-state index contributed by atoms with van der Waals surface area (Å²) in [7, 11) is 1.28. The molecule has 3 nitrogen and oxygen atoms in total. The van der Waals surface area contributed by atoms with Gasteiger partial charge in [0.2, 0.25) is 0 Å². The highest BCUT2D eigenvalue weighted by Gasteiger charge is 2.27. The van der Waals surface area contributed by atoms with Gasteiger partial charge in [0.15, 0.2) is 5.78 Å². The third kappa shape index (κ3) is 3.29. The number of aryl methyl sites for hydroxylation is 2. The zero-order valence-corrected chi connectivity index (χ0v) is 11.0. The minimum Gasteiger partial charge on any atom is -0.468 e. The Morgan fingerprint density at radius 1 is 1.28 bits per heavy atom. The summed E-state index contributed by atoms with van der Waals surface area (Å²) in [5, 5.41) is 0. The van der Waals surface area contributed by atoms with E-state index >= 15 is 0 Å². The van der Waals surface area contributed by atoms with Gasteiger partial charge in [-0.3, -0.25) is 9.59 Å². The third-order valence-electron chi connectivity index (χ3n) is 2.71. The lowest BCUT2D eigenvalue weighted by Crippen LogP contribution is -2.25. The summed E-state index contributed by atoms with van der Waals surface area (Å²) in [6, 6.07) is 5.56. The monoisotopic (exact) mass is 246 g/mol. The fourth-order valence-corrected chi connectivity index (χ4v) is 1.94. The zero-order chi connectivity index (χ0) is 13.7. The second kappa shape index (κ2) is 6.15. The maximum absolute atomic E-state index is 12.3. The first-order valence-corrected chi connectivity index (χ1v) is 5.80. The van der Waals surface area contributed by atoms with E-state index in [2.05, 4.69) is 11.3 Å². The number of Topliss-reactive ketones (excluding diaryl/α,β-unsaturated/α-hetero) is 1. The first kappa shape index (κ1) is 14.2. The highest BCUT2D eigenvalue weighted by atomic mass is 16.5. The van der Waals surface area contributed by atoms with Crippen LogP contribution in [0, 0.1) is 19.8 Å². The van der Waals surface area contributed by atoms with E-state index in [0.29, 0.717) is 12.0 Å². The molecule has 3 heteroatoms. The van der Waals surface area contributed by atoms with Gasteiger partial charge >= 0.3 is 5.97 Å². The van der Waals surface area contributed by atoms with Crippen molar-refractivity contribution in [3.8, 4) is 0 Å². The molecule has 0 saturated heterocycles. The minimum atomic E-state index is -0.798. The molecule has 0 spiro atoms. The first-order chi connectivity index (χ1) is 8.49. The number of allylic oxidation sites excluding steroid dienone is 1. The lowest BCUT2D eigenvalue weighted by Gasteiger charge is -2.12. The van der Waals surface area contributed by atoms with Gasteiger partial charge < -0.3 is 4.74 Å². The van der Waals surface area contributed by atoms with Crippen LogP contribution in [0.2, 0.25) is 0 Å². The van der Waals surface area contributed by atoms with Crippen LogP contribution in [-0.4, -0.2) is 18.9 Å². The summed E-state index contributed by atoms with van der Waals surface area (Å²) in [4.78, 5) is 23.9. The maximum Gasteiger partial charge on any atom is 0.316 e. The number of ketones is 1. The molecule has 0 aromatic heterocycles. The predicted octanol–water partition coefficient (Wildman–Crippen LogP) is 2.85. The molecule has 0 radical (unpaired) electrons. The average molecular weight is 246 g/mol. The molecule has 0 N–H and O–H groups in total. The van der Waals surface area contributed by atoms with Crippen molar-refractivity contribution >= 4 is 11.8 Å². The van der Waals surface area contributed by atoms with Crippen LogP contribution >= 0.6 is 0 Å². The Kier molecular flexibility index (Phi) is 4.84. The molecular formula is C15H18O3. The van der Waals surface area contributed by atoms with E-state index in [4.69, 9.17) is 0 Å². The Morgan fingerprint density at radius 2 is 1.83 bits per heavy atom. The molecule has 0 amide bonds. The Labute approximate surface area is 107 Å². The molecular weight excluding hydrogens is 228 g/mol. The Morgan fingerprint density at radius 3 is 2.28 bits per heavy atom. The smallest absolute Gasteiger partial charge is 0.316 e. The molecule has 18 heavy (non-hydrogen) atoms. The summed E-state index contributed by atoms with van der Waals surface area (Å²) in [6.45, 7) is 7.41. The number of benzene rings is 1. The van der Waals surface area contributed by atoms with Gasteiger partial charge in [0.1, 0.15) is 5.92 Å². The third-order valence-corrected chi connectivity index (χ3v) is 2.71. The molecule has 0 bridgehead atoms. The minimum absolute atomic E-state index is 0.214. The van der Waals surface area contributed by atoms with Gasteiger partial charge in [0, 0.05) is 5.56 Å². The molecule has 0 aliphatic rings. The molecule has 0 heterocycles. The van der Waals surface area contributed by atoms with Crippen molar-refractivity contribution in [3.05, 3.63) is 47.5 Å². The van der Waals surface area contributed by atoms with Crippen LogP contribution in [0.5, 0.6) is 0 Å². The SMILES string of the molecule is C=CCC(C(=O)OC)C(=O)c1cc(C)cc(C)c1. The summed E-state index contributed by atoms with van der Waals surface area (Å²) >= 11 is 0. The van der Waals surface area contributed by atoms with Crippen molar-refractivity contribution in [2.45, 2.75) is 20.3 Å². The predicted molar refractivity (Wildman–Crippen MR) is 70.6 cm³/mol. The van der Waals surface area contributed by atoms with Gasteiger partial charge in [0.25, 0.3) is 0 Å². The zero-order valence-electron chi connectivity index (χ0n) is 11.0. The second-order valence-electron chi connectivity index (χ2n) is 4.34. The molecule has 1 aromatic rings. The normalized spacial score (nSPS) is 11.7. The van der Waals surface area contributed by atoms with Crippen LogP contribution in [0.1, 0.15) is 27.9 Å². The lowest BCUT2D eigenvalue weighted by molar-refractivity contribution is -0.143. The standard InChI is InChI=1S/C15H18O3/c1-5-6-13(15(17)18-4)14(16)12-8-10(2)7-11(3)9-12/h5,7-9,13H,1,6H2,2-4H3. The highest BCUT2D eigenvalue weighted by Crippen LogP contribution is 2.17. The number of esters is 1. The van der Waals surface area contributed by atoms with E-state index < -0.39 is 11.9 Å². The number of hydrogen-bond acceptors (Lipinski definition) is 3. The van der Waals surface area contributed by atoms with Crippen molar-refractivity contribution in [2.24, 2.45) is 5.92 Å². The van der Waals surface area contributed by atoms with E-state index in [0.717, 1.165) is 11.1 Å². The van der Waals surface area contributed by atoms with Crippen molar-refractivity contribution < 1.29 is 14.3 Å². The molecule has 0 fully saturated rings. The Hall–Kier alpha value is -1.90. The van der Waals surface area contributed by atoms with Gasteiger partial charge in [-0.05, 0) is 32.4 Å². The van der Waals surface area contributed by atoms with E-state index in [9.17, 15) is 9.59 Å². The van der Waals surface area contributed by atoms with Crippen molar-refractivity contribution in [3.63, 3.8) is 0 Å². The van der Waals surface area contributed by atoms with Crippen molar-refractivity contribution in [1.82, 2.24) is 0 Å². The van der Waals surface area contributed by atoms with E-state index in [-0.39, 0.29) is 5.78 Å². The van der Waals surface area contributed by atoms with Crippen LogP contribution in [0.25, 0.3) is 0 Å². The van der Waals surface area contributed by atoms with Crippen LogP contribution < -0.4 is 0 Å². The lowest BCUT2D eigenvalue weighted by atomic mass is 9.93. The van der Waals surface area contributed by atoms with E-state index in [1.165, 1.54) is 7.11 Å². The maximum atomic E-state index is 12.3. The molecule has 0 saturated carbocycles. The molecule has 0 aliphatic heterocycles. The second-order valence-corrected chi connectivity index (χ2v) is 4.34. The molecule has 1 aromatic carbocycles. The molecule has 0 aliphatic carbocycles. The van der Waals surface area contributed by atoms with Crippen LogP contribution in [0.4, 0.5) is 0 Å². The largest absolute Gasteiger partial charge is 0.468 e. The number of methoxy groups -OCH3 is 1. The summed E-state index contributed by atoms with van der Waals surface area (Å²) < 4.78 is 4.66. The molecule has 96 valence electrons. The van der Waals surface area contributed by atoms with Gasteiger partial charge in [0.05, 0.1) is 7.11 Å².